The summed E-state index contributed by atoms with van der Waals surface area (Å²) in [6.07, 6.45) is 17.4. The third kappa shape index (κ3) is 9.39. The standard InChI is InChI=1S/C18H34O2/c1-2-3-4-5-6-7-8-9-10-15-18(19)20-16-17-13-11-12-14-17/h17H,2-16H2,1H3. The van der Waals surface area contributed by atoms with Gasteiger partial charge < -0.3 is 4.74 Å². The monoisotopic (exact) mass is 282 g/mol. The number of hydrogen-bond donors (Lipinski definition) is 0. The van der Waals surface area contributed by atoms with Gasteiger partial charge in [0.1, 0.15) is 0 Å². The second kappa shape index (κ2) is 12.2. The summed E-state index contributed by atoms with van der Waals surface area (Å²) in [5.74, 6) is 0.682. The SMILES string of the molecule is CCCCCCCCCCCC(=O)OCC1CCCC1. The quantitative estimate of drug-likeness (QED) is 0.342. The van der Waals surface area contributed by atoms with Crippen LogP contribution in [0, 0.1) is 5.92 Å². The Morgan fingerprint density at radius 1 is 0.900 bits per heavy atom. The molecular formula is C18H34O2. The van der Waals surface area contributed by atoms with Gasteiger partial charge in [0.25, 0.3) is 0 Å². The lowest BCUT2D eigenvalue weighted by atomic mass is 10.1. The largest absolute Gasteiger partial charge is 0.465 e. The first-order valence-corrected chi connectivity index (χ1v) is 8.98. The molecule has 1 rings (SSSR count). The summed E-state index contributed by atoms with van der Waals surface area (Å²) >= 11 is 0. The van der Waals surface area contributed by atoms with Crippen LogP contribution >= 0.6 is 0 Å². The number of rotatable bonds is 12. The van der Waals surface area contributed by atoms with Gasteiger partial charge in [-0.3, -0.25) is 4.79 Å². The fourth-order valence-corrected chi connectivity index (χ4v) is 3.04. The average Bonchev–Trinajstić information content (AvgIpc) is 2.96. The molecule has 0 atom stereocenters. The molecule has 0 radical (unpaired) electrons. The molecule has 20 heavy (non-hydrogen) atoms. The van der Waals surface area contributed by atoms with Gasteiger partial charge in [0.2, 0.25) is 0 Å². The maximum Gasteiger partial charge on any atom is 0.305 e. The molecule has 1 aliphatic carbocycles. The molecule has 0 N–H and O–H groups in total. The number of esters is 1. The van der Waals surface area contributed by atoms with Gasteiger partial charge in [-0.2, -0.15) is 0 Å². The Labute approximate surface area is 125 Å². The zero-order chi connectivity index (χ0) is 14.5. The van der Waals surface area contributed by atoms with Crippen molar-refractivity contribution in [2.75, 3.05) is 6.61 Å². The lowest BCUT2D eigenvalue weighted by Gasteiger charge is -2.09. The van der Waals surface area contributed by atoms with Gasteiger partial charge in [0.15, 0.2) is 0 Å². The lowest BCUT2D eigenvalue weighted by molar-refractivity contribution is -0.145. The van der Waals surface area contributed by atoms with E-state index in [1.807, 2.05) is 0 Å². The van der Waals surface area contributed by atoms with E-state index in [0.717, 1.165) is 6.42 Å². The molecule has 0 aliphatic heterocycles. The number of unbranched alkanes of at least 4 members (excludes halogenated alkanes) is 8. The van der Waals surface area contributed by atoms with Crippen LogP contribution in [0.1, 0.15) is 96.8 Å². The molecule has 0 aromatic carbocycles. The van der Waals surface area contributed by atoms with Gasteiger partial charge in [0.05, 0.1) is 6.61 Å². The maximum absolute atomic E-state index is 11.6. The highest BCUT2D eigenvalue weighted by atomic mass is 16.5. The minimum atomic E-state index is 0.0276. The van der Waals surface area contributed by atoms with Crippen molar-refractivity contribution in [3.63, 3.8) is 0 Å². The van der Waals surface area contributed by atoms with Crippen LogP contribution in [0.5, 0.6) is 0 Å². The van der Waals surface area contributed by atoms with Crippen molar-refractivity contribution in [2.24, 2.45) is 5.92 Å². The summed E-state index contributed by atoms with van der Waals surface area (Å²) in [6, 6.07) is 0. The van der Waals surface area contributed by atoms with E-state index in [0.29, 0.717) is 18.9 Å². The van der Waals surface area contributed by atoms with E-state index in [9.17, 15) is 4.79 Å². The molecule has 0 saturated heterocycles. The first-order valence-electron chi connectivity index (χ1n) is 8.98. The number of ether oxygens (including phenoxy) is 1. The number of carbonyl (C=O) groups is 1. The number of carbonyl (C=O) groups excluding carboxylic acids is 1. The summed E-state index contributed by atoms with van der Waals surface area (Å²) in [5, 5.41) is 0. The van der Waals surface area contributed by atoms with Crippen LogP contribution < -0.4 is 0 Å². The van der Waals surface area contributed by atoms with E-state index in [1.54, 1.807) is 0 Å². The van der Waals surface area contributed by atoms with Gasteiger partial charge in [0, 0.05) is 6.42 Å². The number of hydrogen-bond acceptors (Lipinski definition) is 2. The molecule has 1 fully saturated rings. The lowest BCUT2D eigenvalue weighted by Crippen LogP contribution is -2.11. The minimum absolute atomic E-state index is 0.0276. The Morgan fingerprint density at radius 3 is 2.05 bits per heavy atom. The smallest absolute Gasteiger partial charge is 0.305 e. The second-order valence-electron chi connectivity index (χ2n) is 6.41. The molecule has 0 bridgehead atoms. The molecule has 0 unspecified atom stereocenters. The van der Waals surface area contributed by atoms with E-state index in [2.05, 4.69) is 6.92 Å². The van der Waals surface area contributed by atoms with E-state index in [4.69, 9.17) is 4.74 Å². The van der Waals surface area contributed by atoms with Crippen LogP contribution in [0.2, 0.25) is 0 Å². The summed E-state index contributed by atoms with van der Waals surface area (Å²) in [4.78, 5) is 11.6. The molecule has 0 heterocycles. The van der Waals surface area contributed by atoms with Gasteiger partial charge in [-0.05, 0) is 25.2 Å². The van der Waals surface area contributed by atoms with Crippen molar-refractivity contribution in [3.8, 4) is 0 Å². The summed E-state index contributed by atoms with van der Waals surface area (Å²) in [5.41, 5.74) is 0. The predicted molar refractivity (Wildman–Crippen MR) is 84.8 cm³/mol. The molecule has 0 amide bonds. The molecular weight excluding hydrogens is 248 g/mol. The van der Waals surface area contributed by atoms with E-state index >= 15 is 0 Å². The Morgan fingerprint density at radius 2 is 1.45 bits per heavy atom. The summed E-state index contributed by atoms with van der Waals surface area (Å²) < 4.78 is 5.36. The fourth-order valence-electron chi connectivity index (χ4n) is 3.04. The molecule has 0 aromatic heterocycles. The van der Waals surface area contributed by atoms with Crippen molar-refractivity contribution >= 4 is 5.97 Å². The van der Waals surface area contributed by atoms with E-state index in [1.165, 1.54) is 77.0 Å². The fraction of sp³-hybridized carbons (Fsp3) is 0.944. The normalized spacial score (nSPS) is 15.7. The van der Waals surface area contributed by atoms with Gasteiger partial charge in [-0.1, -0.05) is 71.1 Å². The Kier molecular flexibility index (Phi) is 10.7. The minimum Gasteiger partial charge on any atom is -0.465 e. The van der Waals surface area contributed by atoms with E-state index < -0.39 is 0 Å². The summed E-state index contributed by atoms with van der Waals surface area (Å²) in [7, 11) is 0. The van der Waals surface area contributed by atoms with Gasteiger partial charge >= 0.3 is 5.97 Å². The Hall–Kier alpha value is -0.530. The highest BCUT2D eigenvalue weighted by Crippen LogP contribution is 2.24. The van der Waals surface area contributed by atoms with Crippen molar-refractivity contribution in [1.82, 2.24) is 0 Å². The molecule has 0 spiro atoms. The van der Waals surface area contributed by atoms with Crippen LogP contribution in [-0.4, -0.2) is 12.6 Å². The highest BCUT2D eigenvalue weighted by molar-refractivity contribution is 5.69. The molecule has 0 aromatic rings. The zero-order valence-corrected chi connectivity index (χ0v) is 13.5. The molecule has 2 nitrogen and oxygen atoms in total. The van der Waals surface area contributed by atoms with Gasteiger partial charge in [-0.15, -0.1) is 0 Å². The van der Waals surface area contributed by atoms with Crippen molar-refractivity contribution in [1.29, 1.82) is 0 Å². The molecule has 2 heteroatoms. The third-order valence-electron chi connectivity index (χ3n) is 4.44. The Bertz CT molecular complexity index is 232. The van der Waals surface area contributed by atoms with Gasteiger partial charge in [-0.25, -0.2) is 0 Å². The second-order valence-corrected chi connectivity index (χ2v) is 6.41. The van der Waals surface area contributed by atoms with Crippen LogP contribution in [0.3, 0.4) is 0 Å². The van der Waals surface area contributed by atoms with Crippen LogP contribution in [0.4, 0.5) is 0 Å². The predicted octanol–water partition coefficient (Wildman–Crippen LogP) is 5.64. The molecule has 1 saturated carbocycles. The van der Waals surface area contributed by atoms with Crippen molar-refractivity contribution in [3.05, 3.63) is 0 Å². The van der Waals surface area contributed by atoms with Crippen molar-refractivity contribution in [2.45, 2.75) is 96.8 Å². The zero-order valence-electron chi connectivity index (χ0n) is 13.5. The first-order chi connectivity index (χ1) is 9.83. The highest BCUT2D eigenvalue weighted by Gasteiger charge is 2.16. The van der Waals surface area contributed by atoms with E-state index in [-0.39, 0.29) is 5.97 Å². The topological polar surface area (TPSA) is 26.3 Å². The van der Waals surface area contributed by atoms with Crippen LogP contribution in [0.15, 0.2) is 0 Å². The molecule has 1 aliphatic rings. The van der Waals surface area contributed by atoms with Crippen LogP contribution in [0.25, 0.3) is 0 Å². The Balaban J connectivity index is 1.79. The summed E-state index contributed by atoms with van der Waals surface area (Å²) in [6.45, 7) is 2.93. The molecule has 118 valence electrons. The maximum atomic E-state index is 11.6. The van der Waals surface area contributed by atoms with Crippen LogP contribution in [-0.2, 0) is 9.53 Å². The van der Waals surface area contributed by atoms with Crippen molar-refractivity contribution < 1.29 is 9.53 Å². The first kappa shape index (κ1) is 17.5. The third-order valence-corrected chi connectivity index (χ3v) is 4.44. The average molecular weight is 282 g/mol.